The third-order valence-corrected chi connectivity index (χ3v) is 4.52. The summed E-state index contributed by atoms with van der Waals surface area (Å²) < 4.78 is 5.38. The number of carbonyl (C=O) groups is 3. The fraction of sp³-hybridized carbons (Fsp3) is 0.286. The molecule has 8 heteroatoms. The van der Waals surface area contributed by atoms with Crippen molar-refractivity contribution in [2.75, 3.05) is 25.0 Å². The monoisotopic (exact) mass is 415 g/mol. The molecule has 3 rings (SSSR count). The van der Waals surface area contributed by atoms with Gasteiger partial charge in [0.05, 0.1) is 0 Å². The van der Waals surface area contributed by atoms with E-state index in [4.69, 9.17) is 16.3 Å². The Labute approximate surface area is 173 Å². The number of amides is 3. The minimum Gasteiger partial charge on any atom is -0.484 e. The molecule has 152 valence electrons. The minimum atomic E-state index is -0.316. The second kappa shape index (κ2) is 9.93. The Balaban J connectivity index is 1.38. The smallest absolute Gasteiger partial charge is 0.262 e. The molecule has 0 saturated heterocycles. The zero-order valence-electron chi connectivity index (χ0n) is 15.7. The minimum absolute atomic E-state index is 0.0550. The van der Waals surface area contributed by atoms with E-state index >= 15 is 0 Å². The summed E-state index contributed by atoms with van der Waals surface area (Å²) in [5.74, 6) is 0.201. The molecule has 0 unspecified atom stereocenters. The third kappa shape index (κ3) is 6.80. The van der Waals surface area contributed by atoms with Gasteiger partial charge in [-0.1, -0.05) is 11.6 Å². The number of ether oxygens (including phenoxy) is 1. The Bertz CT molecular complexity index is 864. The van der Waals surface area contributed by atoms with E-state index in [1.54, 1.807) is 48.5 Å². The highest BCUT2D eigenvalue weighted by atomic mass is 35.5. The maximum absolute atomic E-state index is 12.1. The summed E-state index contributed by atoms with van der Waals surface area (Å²) in [5, 5.41) is 8.83. The molecule has 29 heavy (non-hydrogen) atoms. The molecule has 1 fully saturated rings. The van der Waals surface area contributed by atoms with Crippen LogP contribution in [0.25, 0.3) is 0 Å². The molecule has 0 radical (unpaired) electrons. The first kappa shape index (κ1) is 20.7. The Hall–Kier alpha value is -3.06. The Morgan fingerprint density at radius 3 is 2.24 bits per heavy atom. The van der Waals surface area contributed by atoms with Crippen LogP contribution in [0.5, 0.6) is 5.75 Å². The summed E-state index contributed by atoms with van der Waals surface area (Å²) in [6.45, 7) is 0.622. The number of halogens is 1. The molecular formula is C21H22ClN3O4. The van der Waals surface area contributed by atoms with Gasteiger partial charge in [-0.05, 0) is 61.4 Å². The van der Waals surface area contributed by atoms with Crippen molar-refractivity contribution in [2.45, 2.75) is 12.8 Å². The number of anilines is 1. The van der Waals surface area contributed by atoms with Crippen LogP contribution in [0.3, 0.4) is 0 Å². The molecule has 3 N–H and O–H groups in total. The molecule has 0 aliphatic heterocycles. The van der Waals surface area contributed by atoms with Gasteiger partial charge in [0, 0.05) is 35.3 Å². The number of hydrogen-bond acceptors (Lipinski definition) is 4. The van der Waals surface area contributed by atoms with Crippen LogP contribution in [0.1, 0.15) is 23.2 Å². The molecule has 2 aromatic rings. The van der Waals surface area contributed by atoms with Crippen molar-refractivity contribution in [3.05, 3.63) is 59.1 Å². The molecule has 0 aromatic heterocycles. The van der Waals surface area contributed by atoms with Gasteiger partial charge in [0.1, 0.15) is 5.75 Å². The average molecular weight is 416 g/mol. The van der Waals surface area contributed by atoms with Crippen LogP contribution in [-0.4, -0.2) is 37.4 Å². The van der Waals surface area contributed by atoms with E-state index in [-0.39, 0.29) is 30.2 Å². The van der Waals surface area contributed by atoms with Gasteiger partial charge in [-0.15, -0.1) is 0 Å². The van der Waals surface area contributed by atoms with E-state index in [2.05, 4.69) is 16.0 Å². The van der Waals surface area contributed by atoms with Gasteiger partial charge < -0.3 is 20.7 Å². The standard InChI is InChI=1S/C21H22ClN3O4/c22-16-5-9-18(10-6-16)29-13-19(26)25-17-7-3-15(4-8-17)21(28)24-12-11-23-20(27)14-1-2-14/h3-10,14H,1-2,11-13H2,(H,23,27)(H,24,28)(H,25,26). The summed E-state index contributed by atoms with van der Waals surface area (Å²) in [7, 11) is 0. The highest BCUT2D eigenvalue weighted by Gasteiger charge is 2.28. The second-order valence-corrected chi connectivity index (χ2v) is 7.13. The van der Waals surface area contributed by atoms with Crippen LogP contribution in [0.4, 0.5) is 5.69 Å². The summed E-state index contributed by atoms with van der Waals surface area (Å²) in [6.07, 6.45) is 1.91. The highest BCUT2D eigenvalue weighted by molar-refractivity contribution is 6.30. The normalized spacial score (nSPS) is 12.7. The van der Waals surface area contributed by atoms with Gasteiger partial charge in [-0.2, -0.15) is 0 Å². The van der Waals surface area contributed by atoms with Gasteiger partial charge >= 0.3 is 0 Å². The van der Waals surface area contributed by atoms with Crippen molar-refractivity contribution in [2.24, 2.45) is 5.92 Å². The largest absolute Gasteiger partial charge is 0.484 e. The van der Waals surface area contributed by atoms with Gasteiger partial charge in [-0.3, -0.25) is 14.4 Å². The lowest BCUT2D eigenvalue weighted by molar-refractivity contribution is -0.122. The Morgan fingerprint density at radius 2 is 1.59 bits per heavy atom. The highest BCUT2D eigenvalue weighted by Crippen LogP contribution is 2.28. The molecular weight excluding hydrogens is 394 g/mol. The van der Waals surface area contributed by atoms with Crippen LogP contribution in [0, 0.1) is 5.92 Å². The van der Waals surface area contributed by atoms with Gasteiger partial charge in [0.2, 0.25) is 5.91 Å². The molecule has 2 aromatic carbocycles. The SMILES string of the molecule is O=C(COc1ccc(Cl)cc1)Nc1ccc(C(=O)NCCNC(=O)C2CC2)cc1. The lowest BCUT2D eigenvalue weighted by Crippen LogP contribution is -2.35. The fourth-order valence-electron chi connectivity index (χ4n) is 2.54. The molecule has 3 amide bonds. The van der Waals surface area contributed by atoms with Crippen molar-refractivity contribution in [3.8, 4) is 5.75 Å². The number of benzene rings is 2. The zero-order chi connectivity index (χ0) is 20.6. The van der Waals surface area contributed by atoms with Crippen molar-refractivity contribution in [1.82, 2.24) is 10.6 Å². The molecule has 0 atom stereocenters. The maximum atomic E-state index is 12.1. The topological polar surface area (TPSA) is 96.5 Å². The zero-order valence-corrected chi connectivity index (χ0v) is 16.5. The molecule has 1 aliphatic rings. The van der Waals surface area contributed by atoms with E-state index in [0.717, 1.165) is 12.8 Å². The molecule has 0 heterocycles. The summed E-state index contributed by atoms with van der Waals surface area (Å²) in [4.78, 5) is 35.6. The van der Waals surface area contributed by atoms with Crippen molar-refractivity contribution >= 4 is 35.0 Å². The number of rotatable bonds is 9. The number of nitrogens with one attached hydrogen (secondary N) is 3. The van der Waals surface area contributed by atoms with Gasteiger partial charge in [0.25, 0.3) is 11.8 Å². The predicted molar refractivity (Wildman–Crippen MR) is 110 cm³/mol. The van der Waals surface area contributed by atoms with Crippen LogP contribution >= 0.6 is 11.6 Å². The van der Waals surface area contributed by atoms with E-state index in [0.29, 0.717) is 35.1 Å². The average Bonchev–Trinajstić information content (AvgIpc) is 3.56. The van der Waals surface area contributed by atoms with Gasteiger partial charge in [0.15, 0.2) is 6.61 Å². The van der Waals surface area contributed by atoms with Crippen LogP contribution in [0.15, 0.2) is 48.5 Å². The van der Waals surface area contributed by atoms with Crippen LogP contribution in [-0.2, 0) is 9.59 Å². The van der Waals surface area contributed by atoms with Crippen LogP contribution in [0.2, 0.25) is 5.02 Å². The van der Waals surface area contributed by atoms with Crippen molar-refractivity contribution < 1.29 is 19.1 Å². The Morgan fingerprint density at radius 1 is 0.931 bits per heavy atom. The molecule has 1 aliphatic carbocycles. The summed E-state index contributed by atoms with van der Waals surface area (Å²) >= 11 is 5.80. The number of carbonyl (C=O) groups excluding carboxylic acids is 3. The third-order valence-electron chi connectivity index (χ3n) is 4.27. The second-order valence-electron chi connectivity index (χ2n) is 6.69. The van der Waals surface area contributed by atoms with E-state index in [1.165, 1.54) is 0 Å². The molecule has 7 nitrogen and oxygen atoms in total. The fourth-order valence-corrected chi connectivity index (χ4v) is 2.66. The first-order valence-electron chi connectivity index (χ1n) is 9.35. The van der Waals surface area contributed by atoms with E-state index in [1.807, 2.05) is 0 Å². The first-order valence-corrected chi connectivity index (χ1v) is 9.73. The number of hydrogen-bond donors (Lipinski definition) is 3. The summed E-state index contributed by atoms with van der Waals surface area (Å²) in [5.41, 5.74) is 1.02. The molecule has 0 bridgehead atoms. The van der Waals surface area contributed by atoms with Gasteiger partial charge in [-0.25, -0.2) is 0 Å². The Kier molecular flexibility index (Phi) is 7.08. The lowest BCUT2D eigenvalue weighted by Gasteiger charge is -2.09. The lowest BCUT2D eigenvalue weighted by atomic mass is 10.2. The predicted octanol–water partition coefficient (Wildman–Crippen LogP) is 2.61. The maximum Gasteiger partial charge on any atom is 0.262 e. The van der Waals surface area contributed by atoms with Crippen molar-refractivity contribution in [3.63, 3.8) is 0 Å². The van der Waals surface area contributed by atoms with E-state index in [9.17, 15) is 14.4 Å². The summed E-state index contributed by atoms with van der Waals surface area (Å²) in [6, 6.07) is 13.2. The van der Waals surface area contributed by atoms with E-state index < -0.39 is 0 Å². The first-order chi connectivity index (χ1) is 14.0. The molecule has 0 spiro atoms. The van der Waals surface area contributed by atoms with Crippen molar-refractivity contribution in [1.29, 1.82) is 0 Å². The quantitative estimate of drug-likeness (QED) is 0.548. The van der Waals surface area contributed by atoms with Crippen LogP contribution < -0.4 is 20.7 Å². The molecule has 1 saturated carbocycles.